The number of halogens is 2. The lowest BCUT2D eigenvalue weighted by molar-refractivity contribution is 0.0699. The molecule has 1 saturated carbocycles. The van der Waals surface area contributed by atoms with Gasteiger partial charge >= 0.3 is 0 Å². The molecule has 5 heteroatoms. The molecule has 2 atom stereocenters. The van der Waals surface area contributed by atoms with Gasteiger partial charge in [0.25, 0.3) is 5.91 Å². The Balaban J connectivity index is 2.19. The van der Waals surface area contributed by atoms with E-state index in [0.29, 0.717) is 18.0 Å². The molecular weight excluding hydrogens is 372 g/mol. The first-order chi connectivity index (χ1) is 9.04. The van der Waals surface area contributed by atoms with Crippen LogP contribution in [0.3, 0.4) is 0 Å². The minimum Gasteiger partial charge on any atom is -0.338 e. The molecular formula is C14H18Br2N2O. The molecule has 0 bridgehead atoms. The Morgan fingerprint density at radius 1 is 1.42 bits per heavy atom. The second-order valence-electron chi connectivity index (χ2n) is 5.03. The van der Waals surface area contributed by atoms with Gasteiger partial charge in [0.05, 0.1) is 5.56 Å². The monoisotopic (exact) mass is 388 g/mol. The van der Waals surface area contributed by atoms with Crippen LogP contribution in [0.1, 0.15) is 29.6 Å². The number of hydrogen-bond donors (Lipinski definition) is 1. The summed E-state index contributed by atoms with van der Waals surface area (Å²) in [5, 5.41) is 0. The van der Waals surface area contributed by atoms with Crippen LogP contribution in [0, 0.1) is 5.92 Å². The van der Waals surface area contributed by atoms with Crippen molar-refractivity contribution >= 4 is 37.8 Å². The zero-order valence-corrected chi connectivity index (χ0v) is 14.1. The lowest BCUT2D eigenvalue weighted by Gasteiger charge is -2.29. The van der Waals surface area contributed by atoms with Crippen LogP contribution >= 0.6 is 31.9 Å². The van der Waals surface area contributed by atoms with Crippen molar-refractivity contribution in [1.82, 2.24) is 4.90 Å². The molecule has 2 N–H and O–H groups in total. The van der Waals surface area contributed by atoms with E-state index in [9.17, 15) is 4.79 Å². The molecule has 0 heterocycles. The van der Waals surface area contributed by atoms with Crippen LogP contribution in [0.5, 0.6) is 0 Å². The third-order valence-electron chi connectivity index (χ3n) is 3.90. The SMILES string of the molecule is CN(C(=O)c1ccc(Br)cc1Br)C1CCCC1CN. The highest BCUT2D eigenvalue weighted by Crippen LogP contribution is 2.30. The number of carbonyl (C=O) groups excluding carboxylic acids is 1. The zero-order valence-electron chi connectivity index (χ0n) is 10.9. The predicted molar refractivity (Wildman–Crippen MR) is 84.1 cm³/mol. The fraction of sp³-hybridized carbons (Fsp3) is 0.500. The summed E-state index contributed by atoms with van der Waals surface area (Å²) in [6.07, 6.45) is 3.34. The van der Waals surface area contributed by atoms with E-state index in [2.05, 4.69) is 31.9 Å². The van der Waals surface area contributed by atoms with Crippen LogP contribution < -0.4 is 5.73 Å². The smallest absolute Gasteiger partial charge is 0.255 e. The molecule has 0 spiro atoms. The average molecular weight is 390 g/mol. The number of amides is 1. The van der Waals surface area contributed by atoms with Gasteiger partial charge in [-0.1, -0.05) is 22.4 Å². The highest BCUT2D eigenvalue weighted by Gasteiger charge is 2.32. The second-order valence-corrected chi connectivity index (χ2v) is 6.80. The molecule has 19 heavy (non-hydrogen) atoms. The Bertz CT molecular complexity index is 479. The lowest BCUT2D eigenvalue weighted by atomic mass is 10.0. The molecule has 0 aliphatic heterocycles. The van der Waals surface area contributed by atoms with Gasteiger partial charge in [-0.25, -0.2) is 0 Å². The molecule has 104 valence electrons. The Morgan fingerprint density at radius 3 is 2.79 bits per heavy atom. The third-order valence-corrected chi connectivity index (χ3v) is 5.05. The van der Waals surface area contributed by atoms with Crippen molar-refractivity contribution in [3.8, 4) is 0 Å². The first kappa shape index (κ1) is 15.0. The maximum atomic E-state index is 12.6. The van der Waals surface area contributed by atoms with E-state index >= 15 is 0 Å². The lowest BCUT2D eigenvalue weighted by Crippen LogP contribution is -2.41. The van der Waals surface area contributed by atoms with Crippen LogP contribution in [0.15, 0.2) is 27.1 Å². The van der Waals surface area contributed by atoms with E-state index in [4.69, 9.17) is 5.73 Å². The van der Waals surface area contributed by atoms with Crippen LogP contribution in [0.25, 0.3) is 0 Å². The maximum Gasteiger partial charge on any atom is 0.255 e. The van der Waals surface area contributed by atoms with Gasteiger partial charge in [-0.3, -0.25) is 4.79 Å². The van der Waals surface area contributed by atoms with Crippen molar-refractivity contribution in [3.63, 3.8) is 0 Å². The summed E-state index contributed by atoms with van der Waals surface area (Å²) in [6.45, 7) is 0.657. The van der Waals surface area contributed by atoms with E-state index < -0.39 is 0 Å². The van der Waals surface area contributed by atoms with E-state index in [0.717, 1.165) is 28.2 Å². The van der Waals surface area contributed by atoms with E-state index in [1.807, 2.05) is 30.1 Å². The van der Waals surface area contributed by atoms with Gasteiger partial charge < -0.3 is 10.6 Å². The normalized spacial score (nSPS) is 22.5. The molecule has 1 fully saturated rings. The topological polar surface area (TPSA) is 46.3 Å². The number of rotatable bonds is 3. The Kier molecular flexibility index (Phi) is 5.03. The summed E-state index contributed by atoms with van der Waals surface area (Å²) in [7, 11) is 1.88. The largest absolute Gasteiger partial charge is 0.338 e. The number of hydrogen-bond acceptors (Lipinski definition) is 2. The molecule has 1 aliphatic rings. The molecule has 2 unspecified atom stereocenters. The zero-order chi connectivity index (χ0) is 14.0. The number of nitrogens with zero attached hydrogens (tertiary/aromatic N) is 1. The predicted octanol–water partition coefficient (Wildman–Crippen LogP) is 3.41. The van der Waals surface area contributed by atoms with Gasteiger partial charge in [-0.2, -0.15) is 0 Å². The van der Waals surface area contributed by atoms with E-state index in [-0.39, 0.29) is 11.9 Å². The quantitative estimate of drug-likeness (QED) is 0.860. The Hall–Kier alpha value is -0.390. The number of carbonyl (C=O) groups is 1. The molecule has 1 amide bonds. The fourth-order valence-electron chi connectivity index (χ4n) is 2.81. The van der Waals surface area contributed by atoms with Crippen LogP contribution in [0.4, 0.5) is 0 Å². The van der Waals surface area contributed by atoms with Crippen LogP contribution in [-0.4, -0.2) is 30.4 Å². The van der Waals surface area contributed by atoms with Gasteiger partial charge in [-0.15, -0.1) is 0 Å². The molecule has 2 rings (SSSR count). The van der Waals surface area contributed by atoms with Crippen molar-refractivity contribution < 1.29 is 4.79 Å². The molecule has 1 aromatic rings. The minimum atomic E-state index is 0.0599. The van der Waals surface area contributed by atoms with Crippen molar-refractivity contribution in [2.45, 2.75) is 25.3 Å². The van der Waals surface area contributed by atoms with E-state index in [1.165, 1.54) is 0 Å². The van der Waals surface area contributed by atoms with Gasteiger partial charge in [-0.05, 0) is 59.4 Å². The molecule has 0 saturated heterocycles. The minimum absolute atomic E-state index is 0.0599. The van der Waals surface area contributed by atoms with Crippen LogP contribution in [-0.2, 0) is 0 Å². The summed E-state index contributed by atoms with van der Waals surface area (Å²) < 4.78 is 1.78. The Morgan fingerprint density at radius 2 is 2.16 bits per heavy atom. The number of benzene rings is 1. The third kappa shape index (κ3) is 3.20. The molecule has 3 nitrogen and oxygen atoms in total. The van der Waals surface area contributed by atoms with Gasteiger partial charge in [0.15, 0.2) is 0 Å². The second kappa shape index (κ2) is 6.37. The molecule has 0 radical (unpaired) electrons. The molecule has 1 aliphatic carbocycles. The summed E-state index contributed by atoms with van der Waals surface area (Å²) >= 11 is 6.85. The summed E-state index contributed by atoms with van der Waals surface area (Å²) in [6, 6.07) is 5.91. The fourth-order valence-corrected chi connectivity index (χ4v) is 4.02. The summed E-state index contributed by atoms with van der Waals surface area (Å²) in [4.78, 5) is 14.4. The Labute approximate surface area is 130 Å². The van der Waals surface area contributed by atoms with Crippen molar-refractivity contribution in [2.75, 3.05) is 13.6 Å². The van der Waals surface area contributed by atoms with Crippen molar-refractivity contribution in [3.05, 3.63) is 32.7 Å². The highest BCUT2D eigenvalue weighted by molar-refractivity contribution is 9.11. The van der Waals surface area contributed by atoms with Gasteiger partial charge in [0.1, 0.15) is 0 Å². The molecule has 1 aromatic carbocycles. The highest BCUT2D eigenvalue weighted by atomic mass is 79.9. The maximum absolute atomic E-state index is 12.6. The van der Waals surface area contributed by atoms with Crippen molar-refractivity contribution in [2.24, 2.45) is 11.7 Å². The molecule has 0 aromatic heterocycles. The first-order valence-electron chi connectivity index (χ1n) is 6.47. The summed E-state index contributed by atoms with van der Waals surface area (Å²) in [5.41, 5.74) is 6.50. The van der Waals surface area contributed by atoms with E-state index in [1.54, 1.807) is 0 Å². The average Bonchev–Trinajstić information content (AvgIpc) is 2.85. The van der Waals surface area contributed by atoms with Crippen LogP contribution in [0.2, 0.25) is 0 Å². The van der Waals surface area contributed by atoms with Gasteiger partial charge in [0.2, 0.25) is 0 Å². The summed E-state index contributed by atoms with van der Waals surface area (Å²) in [5.74, 6) is 0.493. The number of nitrogens with two attached hydrogens (primary N) is 1. The first-order valence-corrected chi connectivity index (χ1v) is 8.05. The van der Waals surface area contributed by atoms with Crippen molar-refractivity contribution in [1.29, 1.82) is 0 Å². The van der Waals surface area contributed by atoms with Gasteiger partial charge in [0, 0.05) is 22.0 Å². The standard InChI is InChI=1S/C14H18Br2N2O/c1-18(13-4-2-3-9(13)8-17)14(19)11-6-5-10(15)7-12(11)16/h5-7,9,13H,2-4,8,17H2,1H3.